The lowest BCUT2D eigenvalue weighted by atomic mass is 9.97. The van der Waals surface area contributed by atoms with Crippen molar-refractivity contribution in [2.45, 2.75) is 32.5 Å². The summed E-state index contributed by atoms with van der Waals surface area (Å²) in [5.41, 5.74) is -2.60. The molecule has 0 saturated heterocycles. The van der Waals surface area contributed by atoms with Crippen molar-refractivity contribution in [3.63, 3.8) is 0 Å². The number of rotatable bonds is 3. The number of ether oxygens (including phenoxy) is 1. The number of carbonyl (C=O) groups excluding carboxylic acids is 2. The van der Waals surface area contributed by atoms with Gasteiger partial charge >= 0.3 is 12.1 Å². The highest BCUT2D eigenvalue weighted by Gasteiger charge is 2.36. The summed E-state index contributed by atoms with van der Waals surface area (Å²) < 4.78 is 43.3. The molecule has 0 radical (unpaired) electrons. The highest BCUT2D eigenvalue weighted by molar-refractivity contribution is 6.31. The van der Waals surface area contributed by atoms with Crippen molar-refractivity contribution in [2.24, 2.45) is 5.92 Å². The molecule has 0 saturated carbocycles. The largest absolute Gasteiger partial charge is 0.459 e. The van der Waals surface area contributed by atoms with E-state index in [1.54, 1.807) is 0 Å². The fourth-order valence-electron chi connectivity index (χ4n) is 1.64. The summed E-state index contributed by atoms with van der Waals surface area (Å²) >= 11 is 5.46. The van der Waals surface area contributed by atoms with Crippen LogP contribution in [0.3, 0.4) is 0 Å². The standard InChI is InChI=1S/C15H13ClF3NO3/c1-14(2,3)23-13(22)9(7-20)12(21)8-4-5-11(16)10(6-8)15(17,18)19/h4-6,9H,1-3H3. The molecular formula is C15H13ClF3NO3. The molecule has 0 spiro atoms. The molecule has 8 heteroatoms. The lowest BCUT2D eigenvalue weighted by molar-refractivity contribution is -0.156. The van der Waals surface area contributed by atoms with Crippen molar-refractivity contribution in [3.05, 3.63) is 34.3 Å². The zero-order valence-electron chi connectivity index (χ0n) is 12.5. The smallest absolute Gasteiger partial charge is 0.417 e. The molecule has 0 aliphatic carbocycles. The predicted octanol–water partition coefficient (Wildman–Crippen LogP) is 4.02. The maximum Gasteiger partial charge on any atom is 0.417 e. The molecule has 0 heterocycles. The first-order valence-corrected chi connectivity index (χ1v) is 6.78. The molecule has 0 N–H and O–H groups in total. The molecule has 1 atom stereocenters. The zero-order valence-corrected chi connectivity index (χ0v) is 13.2. The number of halogens is 4. The Labute approximate surface area is 135 Å². The van der Waals surface area contributed by atoms with Crippen LogP contribution < -0.4 is 0 Å². The van der Waals surface area contributed by atoms with Crippen LogP contribution in [0.1, 0.15) is 36.7 Å². The number of hydrogen-bond donors (Lipinski definition) is 0. The summed E-state index contributed by atoms with van der Waals surface area (Å²) in [5, 5.41) is 8.41. The number of nitrogens with zero attached hydrogens (tertiary/aromatic N) is 1. The van der Waals surface area contributed by atoms with Gasteiger partial charge in [0.1, 0.15) is 5.60 Å². The molecular weight excluding hydrogens is 335 g/mol. The van der Waals surface area contributed by atoms with Crippen molar-refractivity contribution in [1.29, 1.82) is 5.26 Å². The minimum absolute atomic E-state index is 0.445. The maximum atomic E-state index is 12.8. The van der Waals surface area contributed by atoms with E-state index in [1.807, 2.05) is 0 Å². The monoisotopic (exact) mass is 347 g/mol. The van der Waals surface area contributed by atoms with Gasteiger partial charge in [-0.1, -0.05) is 11.6 Å². The number of carbonyl (C=O) groups is 2. The van der Waals surface area contributed by atoms with E-state index >= 15 is 0 Å². The van der Waals surface area contributed by atoms with E-state index in [-0.39, 0.29) is 0 Å². The molecule has 0 fully saturated rings. The van der Waals surface area contributed by atoms with Gasteiger partial charge in [-0.05, 0) is 39.0 Å². The maximum absolute atomic E-state index is 12.8. The molecule has 1 unspecified atom stereocenters. The average Bonchev–Trinajstić information content (AvgIpc) is 2.36. The number of benzene rings is 1. The van der Waals surface area contributed by atoms with Gasteiger partial charge in [0.2, 0.25) is 5.92 Å². The van der Waals surface area contributed by atoms with E-state index in [2.05, 4.69) is 0 Å². The Morgan fingerprint density at radius 2 is 1.83 bits per heavy atom. The molecule has 0 amide bonds. The van der Waals surface area contributed by atoms with Crippen LogP contribution in [0.5, 0.6) is 0 Å². The van der Waals surface area contributed by atoms with Crippen molar-refractivity contribution in [1.82, 2.24) is 0 Å². The topological polar surface area (TPSA) is 67.2 Å². The van der Waals surface area contributed by atoms with E-state index in [0.717, 1.165) is 12.1 Å². The highest BCUT2D eigenvalue weighted by atomic mass is 35.5. The molecule has 23 heavy (non-hydrogen) atoms. The van der Waals surface area contributed by atoms with Gasteiger partial charge < -0.3 is 4.74 Å². The first-order valence-electron chi connectivity index (χ1n) is 6.40. The SMILES string of the molecule is CC(C)(C)OC(=O)C(C#N)C(=O)c1ccc(Cl)c(C(F)(F)F)c1. The van der Waals surface area contributed by atoms with Gasteiger partial charge in [0.15, 0.2) is 5.78 Å². The first kappa shape index (κ1) is 19.0. The summed E-state index contributed by atoms with van der Waals surface area (Å²) in [7, 11) is 0. The Morgan fingerprint density at radius 1 is 1.26 bits per heavy atom. The van der Waals surface area contributed by atoms with E-state index in [4.69, 9.17) is 21.6 Å². The molecule has 4 nitrogen and oxygen atoms in total. The van der Waals surface area contributed by atoms with Crippen molar-refractivity contribution >= 4 is 23.4 Å². The Hall–Kier alpha value is -2.07. The van der Waals surface area contributed by atoms with Gasteiger partial charge in [0, 0.05) is 5.56 Å². The second-order valence-electron chi connectivity index (χ2n) is 5.65. The summed E-state index contributed by atoms with van der Waals surface area (Å²) in [6, 6.07) is 3.88. The predicted molar refractivity (Wildman–Crippen MR) is 75.7 cm³/mol. The molecule has 1 rings (SSSR count). The van der Waals surface area contributed by atoms with Crippen LogP contribution in [0.2, 0.25) is 5.02 Å². The number of hydrogen-bond acceptors (Lipinski definition) is 4. The number of Topliss-reactive ketones (excluding diaryl/α,β-unsaturated/α-hetero) is 1. The lowest BCUT2D eigenvalue weighted by Crippen LogP contribution is -2.32. The minimum Gasteiger partial charge on any atom is -0.459 e. The highest BCUT2D eigenvalue weighted by Crippen LogP contribution is 2.35. The summed E-state index contributed by atoms with van der Waals surface area (Å²) in [6.45, 7) is 4.61. The Bertz CT molecular complexity index is 672. The third-order valence-corrected chi connectivity index (χ3v) is 2.92. The van der Waals surface area contributed by atoms with Gasteiger partial charge in [-0.3, -0.25) is 9.59 Å². The molecule has 0 bridgehead atoms. The fraction of sp³-hybridized carbons (Fsp3) is 0.400. The molecule has 124 valence electrons. The Balaban J connectivity index is 3.18. The third kappa shape index (κ3) is 4.96. The number of esters is 1. The zero-order chi connectivity index (χ0) is 18.0. The second-order valence-corrected chi connectivity index (χ2v) is 6.06. The van der Waals surface area contributed by atoms with Crippen molar-refractivity contribution < 1.29 is 27.5 Å². The van der Waals surface area contributed by atoms with E-state index in [0.29, 0.717) is 6.07 Å². The van der Waals surface area contributed by atoms with Crippen LogP contribution in [-0.2, 0) is 15.7 Å². The quantitative estimate of drug-likeness (QED) is 0.470. The van der Waals surface area contributed by atoms with Crippen LogP contribution >= 0.6 is 11.6 Å². The van der Waals surface area contributed by atoms with E-state index < -0.39 is 45.6 Å². The molecule has 0 aromatic heterocycles. The molecule has 1 aromatic carbocycles. The molecule has 0 aliphatic heterocycles. The number of ketones is 1. The van der Waals surface area contributed by atoms with Gasteiger partial charge in [0.05, 0.1) is 16.7 Å². The van der Waals surface area contributed by atoms with Crippen LogP contribution in [0, 0.1) is 17.2 Å². The summed E-state index contributed by atoms with van der Waals surface area (Å²) in [6.07, 6.45) is -4.76. The van der Waals surface area contributed by atoms with Gasteiger partial charge in [-0.25, -0.2) is 0 Å². The van der Waals surface area contributed by atoms with Crippen LogP contribution in [0.25, 0.3) is 0 Å². The van der Waals surface area contributed by atoms with Gasteiger partial charge in [-0.15, -0.1) is 0 Å². The van der Waals surface area contributed by atoms with E-state index in [9.17, 15) is 22.8 Å². The van der Waals surface area contributed by atoms with Gasteiger partial charge in [0.25, 0.3) is 0 Å². The van der Waals surface area contributed by atoms with Crippen LogP contribution in [-0.4, -0.2) is 17.4 Å². The average molecular weight is 348 g/mol. The molecule has 0 aliphatic rings. The fourth-order valence-corrected chi connectivity index (χ4v) is 1.87. The Morgan fingerprint density at radius 3 is 2.26 bits per heavy atom. The second kappa shape index (κ2) is 6.59. The molecule has 1 aromatic rings. The third-order valence-electron chi connectivity index (χ3n) is 2.59. The summed E-state index contributed by atoms with van der Waals surface area (Å²) in [4.78, 5) is 24.0. The Kier molecular flexibility index (Phi) is 5.43. The number of alkyl halides is 3. The van der Waals surface area contributed by atoms with Crippen LogP contribution in [0.4, 0.5) is 13.2 Å². The van der Waals surface area contributed by atoms with E-state index in [1.165, 1.54) is 26.8 Å². The van der Waals surface area contributed by atoms with Crippen molar-refractivity contribution in [2.75, 3.05) is 0 Å². The van der Waals surface area contributed by atoms with Gasteiger partial charge in [-0.2, -0.15) is 18.4 Å². The van der Waals surface area contributed by atoms with Crippen molar-refractivity contribution in [3.8, 4) is 6.07 Å². The lowest BCUT2D eigenvalue weighted by Gasteiger charge is -2.21. The normalized spacial score (nSPS) is 13.1. The minimum atomic E-state index is -4.76. The number of nitriles is 1. The first-order chi connectivity index (χ1) is 10.4. The summed E-state index contributed by atoms with van der Waals surface area (Å²) in [5.74, 6) is -4.05. The van der Waals surface area contributed by atoms with Crippen LogP contribution in [0.15, 0.2) is 18.2 Å².